The molecule has 2 aliphatic heterocycles. The van der Waals surface area contributed by atoms with Gasteiger partial charge in [0.1, 0.15) is 11.9 Å². The van der Waals surface area contributed by atoms with E-state index in [1.54, 1.807) is 0 Å². The molecule has 7 N–H and O–H groups in total. The van der Waals surface area contributed by atoms with Crippen LogP contribution >= 0.6 is 0 Å². The topological polar surface area (TPSA) is 134 Å². The first-order valence-corrected chi connectivity index (χ1v) is 12.0. The van der Waals surface area contributed by atoms with E-state index < -0.39 is 18.2 Å². The van der Waals surface area contributed by atoms with Gasteiger partial charge in [0.2, 0.25) is 5.96 Å². The first kappa shape index (κ1) is 23.3. The molecule has 35 heavy (non-hydrogen) atoms. The van der Waals surface area contributed by atoms with Crippen LogP contribution < -0.4 is 21.3 Å². The number of pyridine rings is 1. The fourth-order valence-electron chi connectivity index (χ4n) is 4.95. The van der Waals surface area contributed by atoms with Gasteiger partial charge in [0.15, 0.2) is 0 Å². The SMILES string of the molecule is CC1=CC(NC2=NCC(c3ccc4ccccc4n3)=C(N[C@@H]3C[C@H](CO)[C@@H](O)[C@H]3O)N2)=CC(C)N1. The van der Waals surface area contributed by atoms with Gasteiger partial charge in [-0.15, -0.1) is 0 Å². The Morgan fingerprint density at radius 2 is 1.94 bits per heavy atom. The standard InChI is InChI=1S/C26H32N6O3/c1-14-9-18(10-15(2)28-14)29-26-27-12-19(21-8-7-16-5-3-4-6-20(16)30-21)25(32-26)31-22-11-17(13-33)23(34)24(22)35/h3-10,14,17,22-24,28,31,33-35H,11-13H2,1-2H3,(H2,27,29,32)/t14?,17-,22-,23-,24+/m1/s1. The summed E-state index contributed by atoms with van der Waals surface area (Å²) in [6.45, 7) is 4.29. The molecule has 0 radical (unpaired) electrons. The minimum Gasteiger partial charge on any atom is -0.396 e. The van der Waals surface area contributed by atoms with E-state index in [2.05, 4.69) is 34.3 Å². The quantitative estimate of drug-likeness (QED) is 0.339. The second-order valence-electron chi connectivity index (χ2n) is 9.45. The summed E-state index contributed by atoms with van der Waals surface area (Å²) in [5.41, 5.74) is 4.51. The van der Waals surface area contributed by atoms with Crippen molar-refractivity contribution in [3.8, 4) is 0 Å². The van der Waals surface area contributed by atoms with Crippen molar-refractivity contribution >= 4 is 22.4 Å². The summed E-state index contributed by atoms with van der Waals surface area (Å²) in [4.78, 5) is 9.56. The molecule has 5 atom stereocenters. The van der Waals surface area contributed by atoms with Crippen LogP contribution in [0.1, 0.15) is 26.0 Å². The number of allylic oxidation sites excluding steroid dienone is 2. The molecule has 1 saturated carbocycles. The van der Waals surface area contributed by atoms with E-state index in [9.17, 15) is 15.3 Å². The van der Waals surface area contributed by atoms with Crippen molar-refractivity contribution in [3.05, 3.63) is 71.5 Å². The molecule has 1 aliphatic carbocycles. The van der Waals surface area contributed by atoms with Gasteiger partial charge in [-0.2, -0.15) is 0 Å². The van der Waals surface area contributed by atoms with Crippen LogP contribution in [0.15, 0.2) is 70.8 Å². The van der Waals surface area contributed by atoms with Crippen LogP contribution in [-0.4, -0.2) is 63.7 Å². The lowest BCUT2D eigenvalue weighted by molar-refractivity contribution is 0.000575. The van der Waals surface area contributed by atoms with Gasteiger partial charge in [-0.3, -0.25) is 0 Å². The molecule has 1 unspecified atom stereocenters. The minimum absolute atomic E-state index is 0.178. The van der Waals surface area contributed by atoms with Crippen molar-refractivity contribution in [2.24, 2.45) is 10.9 Å². The van der Waals surface area contributed by atoms with Crippen molar-refractivity contribution in [2.75, 3.05) is 13.2 Å². The average Bonchev–Trinajstić information content (AvgIpc) is 3.11. The van der Waals surface area contributed by atoms with Crippen LogP contribution in [0.4, 0.5) is 0 Å². The number of nitrogens with zero attached hydrogens (tertiary/aromatic N) is 2. The zero-order valence-electron chi connectivity index (χ0n) is 19.9. The van der Waals surface area contributed by atoms with Crippen molar-refractivity contribution in [1.82, 2.24) is 26.3 Å². The van der Waals surface area contributed by atoms with Gasteiger partial charge in [0, 0.05) is 40.9 Å². The number of nitrogens with one attached hydrogen (secondary N) is 4. The van der Waals surface area contributed by atoms with Gasteiger partial charge in [0.25, 0.3) is 0 Å². The number of hydrogen-bond donors (Lipinski definition) is 7. The predicted octanol–water partition coefficient (Wildman–Crippen LogP) is 0.924. The Morgan fingerprint density at radius 1 is 1.11 bits per heavy atom. The summed E-state index contributed by atoms with van der Waals surface area (Å²) in [6, 6.07) is 11.7. The van der Waals surface area contributed by atoms with Gasteiger partial charge in [0.05, 0.1) is 29.9 Å². The third kappa shape index (κ3) is 4.88. The Labute approximate surface area is 204 Å². The van der Waals surface area contributed by atoms with Crippen molar-refractivity contribution < 1.29 is 15.3 Å². The smallest absolute Gasteiger partial charge is 0.201 e. The Morgan fingerprint density at radius 3 is 2.71 bits per heavy atom. The molecule has 0 spiro atoms. The summed E-state index contributed by atoms with van der Waals surface area (Å²) in [5, 5.41) is 45.0. The molecule has 1 aromatic carbocycles. The van der Waals surface area contributed by atoms with E-state index in [1.165, 1.54) is 0 Å². The summed E-state index contributed by atoms with van der Waals surface area (Å²) in [6.07, 6.45) is 2.56. The van der Waals surface area contributed by atoms with E-state index >= 15 is 0 Å². The molecular formula is C26H32N6O3. The van der Waals surface area contributed by atoms with E-state index in [1.807, 2.05) is 49.4 Å². The Kier molecular flexibility index (Phi) is 6.46. The van der Waals surface area contributed by atoms with Crippen LogP contribution in [0.3, 0.4) is 0 Å². The highest BCUT2D eigenvalue weighted by Gasteiger charge is 2.41. The first-order valence-electron chi connectivity index (χ1n) is 12.0. The maximum absolute atomic E-state index is 10.6. The summed E-state index contributed by atoms with van der Waals surface area (Å²) >= 11 is 0. The van der Waals surface area contributed by atoms with Gasteiger partial charge < -0.3 is 36.6 Å². The largest absolute Gasteiger partial charge is 0.396 e. The maximum Gasteiger partial charge on any atom is 0.201 e. The zero-order chi connectivity index (χ0) is 24.5. The number of aliphatic hydroxyl groups is 3. The number of rotatable bonds is 5. The highest BCUT2D eigenvalue weighted by atomic mass is 16.3. The molecule has 3 aliphatic rings. The molecule has 1 fully saturated rings. The lowest BCUT2D eigenvalue weighted by atomic mass is 10.1. The Hall–Kier alpha value is -3.40. The van der Waals surface area contributed by atoms with Crippen LogP contribution in [0, 0.1) is 5.92 Å². The van der Waals surface area contributed by atoms with E-state index in [0.717, 1.165) is 33.6 Å². The minimum atomic E-state index is -0.999. The van der Waals surface area contributed by atoms with Gasteiger partial charge in [-0.1, -0.05) is 24.3 Å². The van der Waals surface area contributed by atoms with Crippen molar-refractivity contribution in [1.29, 1.82) is 0 Å². The average molecular weight is 477 g/mol. The molecule has 9 heteroatoms. The second-order valence-corrected chi connectivity index (χ2v) is 9.45. The molecule has 1 aromatic heterocycles. The molecule has 9 nitrogen and oxygen atoms in total. The molecule has 0 amide bonds. The number of dihydropyridines is 1. The van der Waals surface area contributed by atoms with Crippen LogP contribution in [-0.2, 0) is 0 Å². The van der Waals surface area contributed by atoms with Crippen LogP contribution in [0.2, 0.25) is 0 Å². The Balaban J connectivity index is 1.45. The molecular weight excluding hydrogens is 444 g/mol. The number of guanidine groups is 1. The number of para-hydroxylation sites is 1. The van der Waals surface area contributed by atoms with Gasteiger partial charge >= 0.3 is 0 Å². The van der Waals surface area contributed by atoms with E-state index in [0.29, 0.717) is 24.7 Å². The van der Waals surface area contributed by atoms with Crippen LogP contribution in [0.25, 0.3) is 16.5 Å². The molecule has 2 aromatic rings. The fraction of sp³-hybridized carbons (Fsp3) is 0.385. The number of aromatic nitrogens is 1. The predicted molar refractivity (Wildman–Crippen MR) is 136 cm³/mol. The monoisotopic (exact) mass is 476 g/mol. The number of hydrogen-bond acceptors (Lipinski definition) is 9. The van der Waals surface area contributed by atoms with E-state index in [4.69, 9.17) is 9.98 Å². The summed E-state index contributed by atoms with van der Waals surface area (Å²) in [7, 11) is 0. The maximum atomic E-state index is 10.6. The van der Waals surface area contributed by atoms with Crippen LogP contribution in [0.5, 0.6) is 0 Å². The molecule has 3 heterocycles. The van der Waals surface area contributed by atoms with Crippen molar-refractivity contribution in [3.63, 3.8) is 0 Å². The third-order valence-electron chi connectivity index (χ3n) is 6.73. The fourth-order valence-corrected chi connectivity index (χ4v) is 4.95. The van der Waals surface area contributed by atoms with Crippen molar-refractivity contribution in [2.45, 2.75) is 44.6 Å². The van der Waals surface area contributed by atoms with Gasteiger partial charge in [-0.25, -0.2) is 9.98 Å². The number of fused-ring (bicyclic) bond motifs is 1. The number of benzene rings is 1. The number of aliphatic imine (C=N–C) groups is 1. The molecule has 5 rings (SSSR count). The van der Waals surface area contributed by atoms with Gasteiger partial charge in [-0.05, 0) is 44.6 Å². The lowest BCUT2D eigenvalue weighted by Crippen LogP contribution is -2.48. The molecule has 0 bridgehead atoms. The summed E-state index contributed by atoms with van der Waals surface area (Å²) in [5.74, 6) is 0.867. The summed E-state index contributed by atoms with van der Waals surface area (Å²) < 4.78 is 0. The first-order chi connectivity index (χ1) is 16.9. The molecule has 184 valence electrons. The zero-order valence-corrected chi connectivity index (χ0v) is 19.9. The van der Waals surface area contributed by atoms with E-state index in [-0.39, 0.29) is 18.6 Å². The number of aliphatic hydroxyl groups excluding tert-OH is 3. The Bertz CT molecular complexity index is 1240. The third-order valence-corrected chi connectivity index (χ3v) is 6.73. The highest BCUT2D eigenvalue weighted by molar-refractivity contribution is 5.90. The second kappa shape index (κ2) is 9.69. The molecule has 0 saturated heterocycles. The normalized spacial score (nSPS) is 28.6. The lowest BCUT2D eigenvalue weighted by Gasteiger charge is -2.28. The highest BCUT2D eigenvalue weighted by Crippen LogP contribution is 2.29.